The summed E-state index contributed by atoms with van der Waals surface area (Å²) < 4.78 is 7.13. The van der Waals surface area contributed by atoms with Crippen molar-refractivity contribution < 1.29 is 9.53 Å². The van der Waals surface area contributed by atoms with Gasteiger partial charge >= 0.3 is 5.97 Å². The second-order valence-electron chi connectivity index (χ2n) is 4.50. The standard InChI is InChI=1S/C13H23N3O2/c1-5-7-16-10-14-9-12(16)11(15(3)4)8-13(17)18-6-2/h9-11H,5-8H2,1-4H3. The van der Waals surface area contributed by atoms with E-state index in [1.54, 1.807) is 0 Å². The molecule has 1 rings (SSSR count). The Morgan fingerprint density at radius 2 is 2.22 bits per heavy atom. The number of ether oxygens (including phenoxy) is 1. The molecule has 0 aliphatic rings. The van der Waals surface area contributed by atoms with Gasteiger partial charge in [0.15, 0.2) is 0 Å². The number of aromatic nitrogens is 2. The second-order valence-corrected chi connectivity index (χ2v) is 4.50. The lowest BCUT2D eigenvalue weighted by Gasteiger charge is -2.24. The van der Waals surface area contributed by atoms with Crippen molar-refractivity contribution in [1.29, 1.82) is 0 Å². The normalized spacial score (nSPS) is 12.7. The zero-order valence-corrected chi connectivity index (χ0v) is 11.7. The molecule has 5 heteroatoms. The van der Waals surface area contributed by atoms with Gasteiger partial charge in [0.05, 0.1) is 31.1 Å². The van der Waals surface area contributed by atoms with E-state index in [9.17, 15) is 4.79 Å². The molecule has 0 amide bonds. The first-order valence-corrected chi connectivity index (χ1v) is 6.42. The molecule has 0 saturated carbocycles. The Balaban J connectivity index is 2.83. The van der Waals surface area contributed by atoms with Crippen molar-refractivity contribution in [2.45, 2.75) is 39.3 Å². The summed E-state index contributed by atoms with van der Waals surface area (Å²) in [6.45, 7) is 5.29. The van der Waals surface area contributed by atoms with Gasteiger partial charge in [-0.3, -0.25) is 4.79 Å². The number of nitrogens with zero attached hydrogens (tertiary/aromatic N) is 3. The Morgan fingerprint density at radius 3 is 2.78 bits per heavy atom. The molecule has 5 nitrogen and oxygen atoms in total. The average Bonchev–Trinajstić information content (AvgIpc) is 2.74. The van der Waals surface area contributed by atoms with Crippen LogP contribution in [-0.2, 0) is 16.1 Å². The van der Waals surface area contributed by atoms with E-state index in [1.165, 1.54) is 0 Å². The number of carbonyl (C=O) groups excluding carboxylic acids is 1. The van der Waals surface area contributed by atoms with Gasteiger partial charge in [0.2, 0.25) is 0 Å². The van der Waals surface area contributed by atoms with Crippen LogP contribution in [0.5, 0.6) is 0 Å². The van der Waals surface area contributed by atoms with Gasteiger partial charge in [-0.2, -0.15) is 0 Å². The summed E-state index contributed by atoms with van der Waals surface area (Å²) in [5, 5.41) is 0. The van der Waals surface area contributed by atoms with Crippen molar-refractivity contribution in [3.63, 3.8) is 0 Å². The molecule has 0 fully saturated rings. The molecule has 1 atom stereocenters. The Labute approximate surface area is 109 Å². The number of aryl methyl sites for hydroxylation is 1. The highest BCUT2D eigenvalue weighted by molar-refractivity contribution is 5.70. The maximum Gasteiger partial charge on any atom is 0.307 e. The lowest BCUT2D eigenvalue weighted by atomic mass is 10.1. The van der Waals surface area contributed by atoms with Crippen LogP contribution in [0.15, 0.2) is 12.5 Å². The summed E-state index contributed by atoms with van der Waals surface area (Å²) in [6, 6.07) is 0.0121. The number of imidazole rings is 1. The monoisotopic (exact) mass is 253 g/mol. The van der Waals surface area contributed by atoms with Crippen LogP contribution in [0.1, 0.15) is 38.4 Å². The molecular weight excluding hydrogens is 230 g/mol. The van der Waals surface area contributed by atoms with E-state index in [2.05, 4.69) is 16.5 Å². The fourth-order valence-electron chi connectivity index (χ4n) is 1.97. The topological polar surface area (TPSA) is 47.4 Å². The van der Waals surface area contributed by atoms with E-state index >= 15 is 0 Å². The first kappa shape index (κ1) is 14.7. The molecule has 1 aromatic rings. The average molecular weight is 253 g/mol. The van der Waals surface area contributed by atoms with Gasteiger partial charge in [-0.15, -0.1) is 0 Å². The molecule has 18 heavy (non-hydrogen) atoms. The van der Waals surface area contributed by atoms with Crippen molar-refractivity contribution in [3.8, 4) is 0 Å². The van der Waals surface area contributed by atoms with Gasteiger partial charge in [0, 0.05) is 12.7 Å². The highest BCUT2D eigenvalue weighted by Crippen LogP contribution is 2.22. The van der Waals surface area contributed by atoms with Crippen molar-refractivity contribution in [2.24, 2.45) is 0 Å². The van der Waals surface area contributed by atoms with E-state index in [0.717, 1.165) is 18.7 Å². The van der Waals surface area contributed by atoms with E-state index in [0.29, 0.717) is 13.0 Å². The van der Waals surface area contributed by atoms with Crippen molar-refractivity contribution >= 4 is 5.97 Å². The van der Waals surface area contributed by atoms with Crippen LogP contribution in [-0.4, -0.2) is 41.1 Å². The minimum atomic E-state index is -0.166. The zero-order valence-electron chi connectivity index (χ0n) is 11.7. The fourth-order valence-corrected chi connectivity index (χ4v) is 1.97. The third-order valence-electron chi connectivity index (χ3n) is 2.84. The lowest BCUT2D eigenvalue weighted by molar-refractivity contribution is -0.144. The smallest absolute Gasteiger partial charge is 0.307 e. The van der Waals surface area contributed by atoms with Crippen LogP contribution < -0.4 is 0 Å². The maximum absolute atomic E-state index is 11.6. The molecule has 1 aromatic heterocycles. The molecule has 0 aliphatic heterocycles. The molecule has 0 saturated heterocycles. The quantitative estimate of drug-likeness (QED) is 0.696. The highest BCUT2D eigenvalue weighted by atomic mass is 16.5. The van der Waals surface area contributed by atoms with E-state index < -0.39 is 0 Å². The fraction of sp³-hybridized carbons (Fsp3) is 0.692. The Kier molecular flexibility index (Phi) is 5.85. The first-order valence-electron chi connectivity index (χ1n) is 6.42. The molecule has 0 aliphatic carbocycles. The summed E-state index contributed by atoms with van der Waals surface area (Å²) in [4.78, 5) is 17.9. The summed E-state index contributed by atoms with van der Waals surface area (Å²) >= 11 is 0. The lowest BCUT2D eigenvalue weighted by Crippen LogP contribution is -2.26. The van der Waals surface area contributed by atoms with E-state index in [4.69, 9.17) is 4.74 Å². The number of esters is 1. The third-order valence-corrected chi connectivity index (χ3v) is 2.84. The minimum absolute atomic E-state index is 0.0121. The summed E-state index contributed by atoms with van der Waals surface area (Å²) in [5.74, 6) is -0.166. The molecule has 0 N–H and O–H groups in total. The Morgan fingerprint density at radius 1 is 1.50 bits per heavy atom. The minimum Gasteiger partial charge on any atom is -0.466 e. The molecule has 0 bridgehead atoms. The van der Waals surface area contributed by atoms with E-state index in [-0.39, 0.29) is 12.0 Å². The highest BCUT2D eigenvalue weighted by Gasteiger charge is 2.22. The molecule has 0 radical (unpaired) electrons. The van der Waals surface area contributed by atoms with Crippen LogP contribution in [0, 0.1) is 0 Å². The molecule has 0 spiro atoms. The Hall–Kier alpha value is -1.36. The van der Waals surface area contributed by atoms with Gasteiger partial charge in [0.1, 0.15) is 0 Å². The molecule has 1 unspecified atom stereocenters. The summed E-state index contributed by atoms with van der Waals surface area (Å²) in [6.07, 6.45) is 5.05. The number of hydrogen-bond acceptors (Lipinski definition) is 4. The van der Waals surface area contributed by atoms with Crippen molar-refractivity contribution in [1.82, 2.24) is 14.5 Å². The predicted octanol–water partition coefficient (Wildman–Crippen LogP) is 1.85. The van der Waals surface area contributed by atoms with Gasteiger partial charge < -0.3 is 14.2 Å². The van der Waals surface area contributed by atoms with Gasteiger partial charge in [-0.25, -0.2) is 4.98 Å². The summed E-state index contributed by atoms with van der Waals surface area (Å²) in [5.41, 5.74) is 1.06. The van der Waals surface area contributed by atoms with Crippen molar-refractivity contribution in [2.75, 3.05) is 20.7 Å². The van der Waals surface area contributed by atoms with Crippen LogP contribution in [0.2, 0.25) is 0 Å². The second kappa shape index (κ2) is 7.16. The predicted molar refractivity (Wildman–Crippen MR) is 70.2 cm³/mol. The zero-order chi connectivity index (χ0) is 13.5. The number of carbonyl (C=O) groups is 1. The Bertz CT molecular complexity index is 374. The third kappa shape index (κ3) is 3.84. The van der Waals surface area contributed by atoms with Gasteiger partial charge in [-0.1, -0.05) is 6.92 Å². The number of hydrogen-bond donors (Lipinski definition) is 0. The van der Waals surface area contributed by atoms with Gasteiger partial charge in [-0.05, 0) is 27.4 Å². The van der Waals surface area contributed by atoms with E-state index in [1.807, 2.05) is 38.4 Å². The maximum atomic E-state index is 11.6. The largest absolute Gasteiger partial charge is 0.466 e. The van der Waals surface area contributed by atoms with Gasteiger partial charge in [0.25, 0.3) is 0 Å². The van der Waals surface area contributed by atoms with Crippen LogP contribution in [0.3, 0.4) is 0 Å². The van der Waals surface area contributed by atoms with Crippen LogP contribution >= 0.6 is 0 Å². The van der Waals surface area contributed by atoms with Crippen molar-refractivity contribution in [3.05, 3.63) is 18.2 Å². The molecular formula is C13H23N3O2. The molecule has 102 valence electrons. The summed E-state index contributed by atoms with van der Waals surface area (Å²) in [7, 11) is 3.93. The number of rotatable bonds is 7. The van der Waals surface area contributed by atoms with Crippen LogP contribution in [0.4, 0.5) is 0 Å². The van der Waals surface area contributed by atoms with Crippen LogP contribution in [0.25, 0.3) is 0 Å². The first-order chi connectivity index (χ1) is 8.60. The SMILES string of the molecule is CCCn1cncc1C(CC(=O)OCC)N(C)C. The molecule has 1 heterocycles. The molecule has 0 aromatic carbocycles.